The lowest BCUT2D eigenvalue weighted by atomic mass is 10.4. The van der Waals surface area contributed by atoms with Gasteiger partial charge in [0.1, 0.15) is 0 Å². The summed E-state index contributed by atoms with van der Waals surface area (Å²) in [6.45, 7) is 1.30. The highest BCUT2D eigenvalue weighted by molar-refractivity contribution is 7.80. The van der Waals surface area contributed by atoms with Crippen LogP contribution in [0.15, 0.2) is 21.9 Å². The first kappa shape index (κ1) is 12.1. The van der Waals surface area contributed by atoms with Crippen molar-refractivity contribution in [3.05, 3.63) is 22.4 Å². The molecule has 0 bridgehead atoms. The molecule has 2 N–H and O–H groups in total. The van der Waals surface area contributed by atoms with Gasteiger partial charge < -0.3 is 10.1 Å². The Morgan fingerprint density at radius 2 is 2.60 bits per heavy atom. The molecule has 15 heavy (non-hydrogen) atoms. The van der Waals surface area contributed by atoms with Crippen LogP contribution >= 0.6 is 23.6 Å². The minimum absolute atomic E-state index is 0.499. The number of hydrogen-bond donors (Lipinski definition) is 2. The van der Waals surface area contributed by atoms with Gasteiger partial charge in [0.2, 0.25) is 0 Å². The first-order chi connectivity index (χ1) is 7.33. The molecule has 0 aromatic carbocycles. The van der Waals surface area contributed by atoms with Gasteiger partial charge in [0, 0.05) is 19.2 Å². The maximum absolute atomic E-state index is 4.97. The van der Waals surface area contributed by atoms with Crippen molar-refractivity contribution in [3.63, 3.8) is 0 Å². The summed E-state index contributed by atoms with van der Waals surface area (Å²) < 4.78 is 4.87. The van der Waals surface area contributed by atoms with E-state index in [1.54, 1.807) is 24.7 Å². The fourth-order valence-corrected chi connectivity index (χ4v) is 1.59. The maximum atomic E-state index is 4.97. The van der Waals surface area contributed by atoms with Crippen LogP contribution in [-0.4, -0.2) is 31.6 Å². The van der Waals surface area contributed by atoms with Crippen molar-refractivity contribution in [2.24, 2.45) is 5.10 Å². The minimum atomic E-state index is 0.499. The normalized spacial score (nSPS) is 10.5. The van der Waals surface area contributed by atoms with E-state index in [9.17, 15) is 0 Å². The number of nitrogens with one attached hydrogen (secondary N) is 2. The quantitative estimate of drug-likeness (QED) is 0.353. The van der Waals surface area contributed by atoms with Gasteiger partial charge in [-0.2, -0.15) is 16.4 Å². The molecule has 0 amide bonds. The Morgan fingerprint density at radius 3 is 3.27 bits per heavy atom. The molecule has 0 radical (unpaired) electrons. The van der Waals surface area contributed by atoms with Crippen LogP contribution in [0.2, 0.25) is 0 Å². The third-order valence-corrected chi connectivity index (χ3v) is 2.45. The summed E-state index contributed by atoms with van der Waals surface area (Å²) in [6, 6.07) is 1.98. The van der Waals surface area contributed by atoms with Crippen molar-refractivity contribution in [1.29, 1.82) is 0 Å². The second-order valence-electron chi connectivity index (χ2n) is 2.68. The smallest absolute Gasteiger partial charge is 0.187 e. The van der Waals surface area contributed by atoms with Crippen molar-refractivity contribution in [1.82, 2.24) is 10.7 Å². The van der Waals surface area contributed by atoms with Crippen LogP contribution in [0, 0.1) is 0 Å². The van der Waals surface area contributed by atoms with E-state index in [0.717, 1.165) is 5.56 Å². The monoisotopic (exact) mass is 243 g/mol. The molecule has 6 heteroatoms. The molecule has 0 aliphatic rings. The van der Waals surface area contributed by atoms with E-state index in [2.05, 4.69) is 15.8 Å². The largest absolute Gasteiger partial charge is 0.383 e. The van der Waals surface area contributed by atoms with E-state index < -0.39 is 0 Å². The van der Waals surface area contributed by atoms with Crippen LogP contribution in [0.25, 0.3) is 0 Å². The summed E-state index contributed by atoms with van der Waals surface area (Å²) in [5, 5.41) is 11.4. The second-order valence-corrected chi connectivity index (χ2v) is 3.86. The van der Waals surface area contributed by atoms with Crippen LogP contribution in [0.4, 0.5) is 0 Å². The molecule has 0 saturated carbocycles. The van der Waals surface area contributed by atoms with Crippen molar-refractivity contribution < 1.29 is 4.74 Å². The van der Waals surface area contributed by atoms with E-state index in [-0.39, 0.29) is 0 Å². The summed E-state index contributed by atoms with van der Waals surface area (Å²) in [6.07, 6.45) is 1.72. The first-order valence-corrected chi connectivity index (χ1v) is 5.76. The Hall–Kier alpha value is -0.980. The molecule has 0 aliphatic carbocycles. The summed E-state index contributed by atoms with van der Waals surface area (Å²) in [7, 11) is 1.65. The summed E-state index contributed by atoms with van der Waals surface area (Å²) in [5.74, 6) is 0. The lowest BCUT2D eigenvalue weighted by molar-refractivity contribution is 0.204. The van der Waals surface area contributed by atoms with Gasteiger partial charge in [0.15, 0.2) is 5.11 Å². The van der Waals surface area contributed by atoms with Crippen molar-refractivity contribution in [3.8, 4) is 0 Å². The molecule has 1 heterocycles. The average Bonchev–Trinajstić information content (AvgIpc) is 2.71. The second kappa shape index (κ2) is 7.33. The SMILES string of the molecule is COCCNC(=S)N/N=C\c1ccsc1. The molecule has 0 aliphatic heterocycles. The van der Waals surface area contributed by atoms with E-state index in [1.165, 1.54) is 0 Å². The fourth-order valence-electron chi connectivity index (χ4n) is 0.820. The predicted octanol–water partition coefficient (Wildman–Crippen LogP) is 1.19. The van der Waals surface area contributed by atoms with Gasteiger partial charge in [-0.1, -0.05) is 0 Å². The molecule has 0 saturated heterocycles. The number of hydrogen-bond acceptors (Lipinski definition) is 4. The van der Waals surface area contributed by atoms with Gasteiger partial charge >= 0.3 is 0 Å². The van der Waals surface area contributed by atoms with Gasteiger partial charge in [0.25, 0.3) is 0 Å². The number of methoxy groups -OCH3 is 1. The van der Waals surface area contributed by atoms with Crippen molar-refractivity contribution in [2.75, 3.05) is 20.3 Å². The zero-order valence-corrected chi connectivity index (χ0v) is 10.0. The Kier molecular flexibility index (Phi) is 5.91. The molecule has 1 rings (SSSR count). The number of hydrazone groups is 1. The third-order valence-electron chi connectivity index (χ3n) is 1.51. The van der Waals surface area contributed by atoms with Crippen molar-refractivity contribution in [2.45, 2.75) is 0 Å². The van der Waals surface area contributed by atoms with Gasteiger partial charge in [-0.3, -0.25) is 5.43 Å². The molecule has 1 aromatic heterocycles. The molecule has 1 aromatic rings. The van der Waals surface area contributed by atoms with Crippen LogP contribution in [-0.2, 0) is 4.74 Å². The first-order valence-electron chi connectivity index (χ1n) is 4.41. The number of ether oxygens (including phenoxy) is 1. The van der Waals surface area contributed by atoms with Crippen molar-refractivity contribution >= 4 is 34.9 Å². The van der Waals surface area contributed by atoms with E-state index in [0.29, 0.717) is 18.3 Å². The standard InChI is InChI=1S/C9H13N3OS2/c1-13-4-3-10-9(14)12-11-6-8-2-5-15-7-8/h2,5-7H,3-4H2,1H3,(H2,10,12,14)/b11-6-. The Labute approximate surface area is 98.3 Å². The number of rotatable bonds is 5. The van der Waals surface area contributed by atoms with Gasteiger partial charge in [-0.05, 0) is 29.0 Å². The fraction of sp³-hybridized carbons (Fsp3) is 0.333. The number of thiocarbonyl (C=S) groups is 1. The lowest BCUT2D eigenvalue weighted by Gasteiger charge is -2.05. The summed E-state index contributed by atoms with van der Waals surface area (Å²) in [5.41, 5.74) is 3.78. The van der Waals surface area contributed by atoms with Crippen LogP contribution < -0.4 is 10.7 Å². The van der Waals surface area contributed by atoms with E-state index in [1.807, 2.05) is 16.8 Å². The van der Waals surface area contributed by atoms with Gasteiger partial charge in [-0.15, -0.1) is 0 Å². The predicted molar refractivity (Wildman–Crippen MR) is 67.5 cm³/mol. The van der Waals surface area contributed by atoms with Gasteiger partial charge in [-0.25, -0.2) is 0 Å². The maximum Gasteiger partial charge on any atom is 0.187 e. The zero-order chi connectivity index (χ0) is 10.9. The summed E-state index contributed by atoms with van der Waals surface area (Å²) >= 11 is 6.60. The topological polar surface area (TPSA) is 45.6 Å². The lowest BCUT2D eigenvalue weighted by Crippen LogP contribution is -2.34. The molecular weight excluding hydrogens is 230 g/mol. The highest BCUT2D eigenvalue weighted by Gasteiger charge is 1.91. The third kappa shape index (κ3) is 5.46. The summed E-state index contributed by atoms with van der Waals surface area (Å²) in [4.78, 5) is 0. The van der Waals surface area contributed by atoms with E-state index in [4.69, 9.17) is 17.0 Å². The number of nitrogens with zero attached hydrogens (tertiary/aromatic N) is 1. The molecule has 0 unspecified atom stereocenters. The molecule has 82 valence electrons. The molecule has 0 fully saturated rings. The van der Waals surface area contributed by atoms with Crippen LogP contribution in [0.3, 0.4) is 0 Å². The Balaban J connectivity index is 2.16. The van der Waals surface area contributed by atoms with Crippen LogP contribution in [0.1, 0.15) is 5.56 Å². The highest BCUT2D eigenvalue weighted by Crippen LogP contribution is 2.01. The molecule has 0 spiro atoms. The molecular formula is C9H13N3OS2. The van der Waals surface area contributed by atoms with Gasteiger partial charge in [0.05, 0.1) is 12.8 Å². The minimum Gasteiger partial charge on any atom is -0.383 e. The number of thiophene rings is 1. The Bertz CT molecular complexity index is 311. The zero-order valence-electron chi connectivity index (χ0n) is 8.40. The average molecular weight is 243 g/mol. The van der Waals surface area contributed by atoms with Crippen LogP contribution in [0.5, 0.6) is 0 Å². The highest BCUT2D eigenvalue weighted by atomic mass is 32.1. The molecule has 0 atom stereocenters. The van der Waals surface area contributed by atoms with E-state index >= 15 is 0 Å². The molecule has 4 nitrogen and oxygen atoms in total. The Morgan fingerprint density at radius 1 is 1.73 bits per heavy atom.